The molecule has 0 heterocycles. The Morgan fingerprint density at radius 3 is 2.42 bits per heavy atom. The van der Waals surface area contributed by atoms with Crippen LogP contribution in [0.4, 0.5) is 10.1 Å². The lowest BCUT2D eigenvalue weighted by Crippen LogP contribution is -2.43. The first-order chi connectivity index (χ1) is 8.51. The van der Waals surface area contributed by atoms with Crippen molar-refractivity contribution < 1.29 is 12.8 Å². The van der Waals surface area contributed by atoms with Gasteiger partial charge in [0.1, 0.15) is 5.82 Å². The van der Waals surface area contributed by atoms with E-state index in [1.165, 1.54) is 12.1 Å². The fraction of sp³-hybridized carbons (Fsp3) is 0.364. The molecule has 1 aromatic rings. The van der Waals surface area contributed by atoms with E-state index in [4.69, 9.17) is 18.0 Å². The van der Waals surface area contributed by atoms with Gasteiger partial charge in [0.05, 0.1) is 17.5 Å². The Bertz CT molecular complexity index is 600. The summed E-state index contributed by atoms with van der Waals surface area (Å²) in [5, 5.41) is 2.93. The van der Waals surface area contributed by atoms with Crippen LogP contribution in [0.5, 0.6) is 0 Å². The maximum absolute atomic E-state index is 13.8. The van der Waals surface area contributed by atoms with Gasteiger partial charge < -0.3 is 11.1 Å². The van der Waals surface area contributed by atoms with Crippen LogP contribution >= 0.6 is 12.2 Å². The maximum Gasteiger partial charge on any atom is 0.229 e. The van der Waals surface area contributed by atoms with Gasteiger partial charge in [0.25, 0.3) is 0 Å². The van der Waals surface area contributed by atoms with Crippen molar-refractivity contribution in [1.29, 1.82) is 0 Å². The molecular weight excluding hydrogens is 289 g/mol. The number of hydrogen-bond acceptors (Lipinski definition) is 3. The van der Waals surface area contributed by atoms with E-state index in [1.807, 2.05) is 0 Å². The number of nitrogens with one attached hydrogen (secondary N) is 2. The largest absolute Gasteiger partial charge is 0.376 e. The van der Waals surface area contributed by atoms with Gasteiger partial charge in [-0.3, -0.25) is 4.72 Å². The third-order valence-electron chi connectivity index (χ3n) is 2.42. The molecule has 0 atom stereocenters. The average molecular weight is 305 g/mol. The first-order valence-corrected chi connectivity index (χ1v) is 7.67. The molecule has 0 aromatic heterocycles. The van der Waals surface area contributed by atoms with Gasteiger partial charge in [0.2, 0.25) is 10.0 Å². The summed E-state index contributed by atoms with van der Waals surface area (Å²) in [5.74, 6) is -0.666. The van der Waals surface area contributed by atoms with Crippen molar-refractivity contribution in [2.45, 2.75) is 19.4 Å². The highest BCUT2D eigenvalue weighted by Gasteiger charge is 2.22. The van der Waals surface area contributed by atoms with Gasteiger partial charge in [0, 0.05) is 0 Å². The van der Waals surface area contributed by atoms with Crippen molar-refractivity contribution in [2.75, 3.05) is 11.0 Å². The Morgan fingerprint density at radius 2 is 2.00 bits per heavy atom. The minimum absolute atomic E-state index is 0.0997. The molecule has 1 rings (SSSR count). The number of rotatable bonds is 4. The topological polar surface area (TPSA) is 84.2 Å². The van der Waals surface area contributed by atoms with Crippen LogP contribution in [0.1, 0.15) is 19.4 Å². The lowest BCUT2D eigenvalue weighted by atomic mass is 9.94. The maximum atomic E-state index is 13.8. The van der Waals surface area contributed by atoms with Crippen LogP contribution in [0.2, 0.25) is 0 Å². The molecule has 5 nitrogen and oxygen atoms in total. The number of halogens is 1. The molecule has 0 aliphatic carbocycles. The monoisotopic (exact) mass is 305 g/mol. The van der Waals surface area contributed by atoms with Gasteiger partial charge in [-0.2, -0.15) is 0 Å². The van der Waals surface area contributed by atoms with Crippen LogP contribution in [0.3, 0.4) is 0 Å². The van der Waals surface area contributed by atoms with Gasteiger partial charge in [0.15, 0.2) is 5.11 Å². The molecule has 8 heteroatoms. The zero-order valence-corrected chi connectivity index (χ0v) is 12.5. The molecule has 1 aromatic carbocycles. The van der Waals surface area contributed by atoms with Crippen LogP contribution in [0.15, 0.2) is 18.2 Å². The first kappa shape index (κ1) is 15.6. The minimum Gasteiger partial charge on any atom is -0.376 e. The number of hydrogen-bond donors (Lipinski definition) is 3. The van der Waals surface area contributed by atoms with E-state index in [0.717, 1.165) is 6.26 Å². The number of benzene rings is 1. The van der Waals surface area contributed by atoms with Gasteiger partial charge in [-0.15, -0.1) is 0 Å². The summed E-state index contributed by atoms with van der Waals surface area (Å²) in [6.45, 7) is 3.56. The van der Waals surface area contributed by atoms with Crippen molar-refractivity contribution in [1.82, 2.24) is 5.32 Å². The summed E-state index contributed by atoms with van der Waals surface area (Å²) >= 11 is 4.76. The summed E-state index contributed by atoms with van der Waals surface area (Å²) in [6.07, 6.45) is 0.957. The Morgan fingerprint density at radius 1 is 1.42 bits per heavy atom. The van der Waals surface area contributed by atoms with Crippen LogP contribution in [-0.2, 0) is 15.6 Å². The number of sulfonamides is 1. The number of nitrogens with two attached hydrogens (primary N) is 1. The Balaban J connectivity index is 3.09. The van der Waals surface area contributed by atoms with Crippen LogP contribution in [-0.4, -0.2) is 19.8 Å². The predicted octanol–water partition coefficient (Wildman–Crippen LogP) is 1.27. The summed E-state index contributed by atoms with van der Waals surface area (Å²) in [7, 11) is -3.51. The lowest BCUT2D eigenvalue weighted by Gasteiger charge is -2.27. The standard InChI is InChI=1S/C11H16FN3O2S2/c1-11(2,14-10(13)18)7-4-5-9(8(12)6-7)15-19(3,16)17/h4-6,15H,1-3H3,(H3,13,14,18). The van der Waals surface area contributed by atoms with Crippen LogP contribution in [0, 0.1) is 5.82 Å². The normalized spacial score (nSPS) is 12.0. The van der Waals surface area contributed by atoms with E-state index < -0.39 is 21.4 Å². The molecule has 0 saturated carbocycles. The molecule has 0 radical (unpaired) electrons. The molecule has 0 spiro atoms. The second kappa shape index (κ2) is 5.30. The third-order valence-corrected chi connectivity index (χ3v) is 3.11. The Kier molecular flexibility index (Phi) is 4.36. The summed E-state index contributed by atoms with van der Waals surface area (Å²) in [6, 6.07) is 4.19. The average Bonchev–Trinajstić information content (AvgIpc) is 2.16. The third kappa shape index (κ3) is 4.64. The second-order valence-corrected chi connectivity index (χ2v) is 6.87. The fourth-order valence-corrected chi connectivity index (χ4v) is 2.39. The van der Waals surface area contributed by atoms with E-state index in [-0.39, 0.29) is 10.8 Å². The zero-order valence-electron chi connectivity index (χ0n) is 10.8. The second-order valence-electron chi connectivity index (χ2n) is 4.68. The van der Waals surface area contributed by atoms with Crippen LogP contribution < -0.4 is 15.8 Å². The molecule has 4 N–H and O–H groups in total. The smallest absolute Gasteiger partial charge is 0.229 e. The lowest BCUT2D eigenvalue weighted by molar-refractivity contribution is 0.483. The van der Waals surface area contributed by atoms with E-state index in [1.54, 1.807) is 19.9 Å². The summed E-state index contributed by atoms with van der Waals surface area (Å²) in [5.41, 5.74) is 5.24. The predicted molar refractivity (Wildman–Crippen MR) is 77.8 cm³/mol. The molecule has 0 fully saturated rings. The van der Waals surface area contributed by atoms with Crippen LogP contribution in [0.25, 0.3) is 0 Å². The van der Waals surface area contributed by atoms with E-state index in [2.05, 4.69) is 10.0 Å². The molecule has 0 unspecified atom stereocenters. The molecule has 0 saturated heterocycles. The fourth-order valence-electron chi connectivity index (χ4n) is 1.57. The van der Waals surface area contributed by atoms with Crippen molar-refractivity contribution in [2.24, 2.45) is 5.73 Å². The molecule has 106 valence electrons. The van der Waals surface area contributed by atoms with Gasteiger partial charge >= 0.3 is 0 Å². The van der Waals surface area contributed by atoms with Gasteiger partial charge in [-0.25, -0.2) is 12.8 Å². The van der Waals surface area contributed by atoms with Crippen molar-refractivity contribution in [3.05, 3.63) is 29.6 Å². The zero-order chi connectivity index (χ0) is 14.8. The van der Waals surface area contributed by atoms with E-state index in [0.29, 0.717) is 5.56 Å². The quantitative estimate of drug-likeness (QED) is 0.730. The van der Waals surface area contributed by atoms with Crippen molar-refractivity contribution in [3.63, 3.8) is 0 Å². The SMILES string of the molecule is CC(C)(NC(N)=S)c1ccc(NS(C)(=O)=O)c(F)c1. The minimum atomic E-state index is -3.51. The highest BCUT2D eigenvalue weighted by Crippen LogP contribution is 2.24. The highest BCUT2D eigenvalue weighted by molar-refractivity contribution is 7.92. The van der Waals surface area contributed by atoms with Gasteiger partial charge in [-0.05, 0) is 43.8 Å². The van der Waals surface area contributed by atoms with Crippen molar-refractivity contribution >= 4 is 33.0 Å². The molecule has 19 heavy (non-hydrogen) atoms. The Labute approximate surface area is 117 Å². The Hall–Kier alpha value is -1.41. The summed E-state index contributed by atoms with van der Waals surface area (Å²) < 4.78 is 38.0. The summed E-state index contributed by atoms with van der Waals surface area (Å²) in [4.78, 5) is 0. The van der Waals surface area contributed by atoms with E-state index in [9.17, 15) is 12.8 Å². The highest BCUT2D eigenvalue weighted by atomic mass is 32.2. The molecule has 0 aliphatic rings. The number of thiocarbonyl (C=S) groups is 1. The molecule has 0 bridgehead atoms. The molecule has 0 amide bonds. The van der Waals surface area contributed by atoms with E-state index >= 15 is 0 Å². The first-order valence-electron chi connectivity index (χ1n) is 5.37. The van der Waals surface area contributed by atoms with Crippen molar-refractivity contribution in [3.8, 4) is 0 Å². The number of anilines is 1. The molecule has 0 aliphatic heterocycles. The molecular formula is C11H16FN3O2S2. The van der Waals surface area contributed by atoms with Gasteiger partial charge in [-0.1, -0.05) is 6.07 Å².